The average Bonchev–Trinajstić information content (AvgIpc) is 2.70. The molecule has 1 aromatic carbocycles. The van der Waals surface area contributed by atoms with Crippen LogP contribution in [0.2, 0.25) is 5.15 Å². The molecule has 4 heteroatoms. The van der Waals surface area contributed by atoms with Crippen molar-refractivity contribution >= 4 is 17.2 Å². The second-order valence-electron chi connectivity index (χ2n) is 3.85. The van der Waals surface area contributed by atoms with Crippen molar-refractivity contribution in [2.45, 2.75) is 6.42 Å². The van der Waals surface area contributed by atoms with E-state index in [2.05, 4.69) is 22.2 Å². The minimum absolute atomic E-state index is 0.467. The minimum atomic E-state index is 0.467. The Morgan fingerprint density at radius 1 is 1.06 bits per heavy atom. The van der Waals surface area contributed by atoms with Gasteiger partial charge in [0.1, 0.15) is 5.15 Å². The van der Waals surface area contributed by atoms with E-state index in [0.29, 0.717) is 5.15 Å². The molecule has 0 spiro atoms. The van der Waals surface area contributed by atoms with E-state index in [4.69, 9.17) is 11.6 Å². The second kappa shape index (κ2) is 4.18. The first-order valence-electron chi connectivity index (χ1n) is 5.36. The fourth-order valence-corrected chi connectivity index (χ4v) is 1.97. The van der Waals surface area contributed by atoms with Crippen LogP contribution >= 0.6 is 11.6 Å². The lowest BCUT2D eigenvalue weighted by Crippen LogP contribution is -1.97. The Bertz CT molecular complexity index is 646. The zero-order valence-electron chi connectivity index (χ0n) is 9.05. The van der Waals surface area contributed by atoms with Crippen LogP contribution in [0.5, 0.6) is 0 Å². The summed E-state index contributed by atoms with van der Waals surface area (Å²) in [7, 11) is 0. The van der Waals surface area contributed by atoms with Crippen molar-refractivity contribution in [2.75, 3.05) is 0 Å². The van der Waals surface area contributed by atoms with Crippen LogP contribution in [0.15, 0.2) is 48.7 Å². The Kier molecular flexibility index (Phi) is 2.53. The van der Waals surface area contributed by atoms with Crippen LogP contribution in [0.3, 0.4) is 0 Å². The molecule has 17 heavy (non-hydrogen) atoms. The van der Waals surface area contributed by atoms with E-state index in [1.54, 1.807) is 10.7 Å². The standard InChI is InChI=1S/C13H10ClN3/c14-12-9-17-13(15-12)7-6-11(16-17)8-10-4-2-1-3-5-10/h1-7,9H,8H2. The quantitative estimate of drug-likeness (QED) is 0.693. The van der Waals surface area contributed by atoms with Crippen LogP contribution in [0, 0.1) is 0 Å². The highest BCUT2D eigenvalue weighted by molar-refractivity contribution is 6.29. The largest absolute Gasteiger partial charge is 0.219 e. The van der Waals surface area contributed by atoms with E-state index in [1.165, 1.54) is 5.56 Å². The van der Waals surface area contributed by atoms with Crippen molar-refractivity contribution in [3.05, 3.63) is 65.1 Å². The van der Waals surface area contributed by atoms with Gasteiger partial charge in [0.05, 0.1) is 11.9 Å². The number of hydrogen-bond acceptors (Lipinski definition) is 2. The summed E-state index contributed by atoms with van der Waals surface area (Å²) >= 11 is 5.82. The molecule has 3 nitrogen and oxygen atoms in total. The zero-order valence-corrected chi connectivity index (χ0v) is 9.80. The lowest BCUT2D eigenvalue weighted by molar-refractivity contribution is 0.874. The van der Waals surface area contributed by atoms with Gasteiger partial charge in [0.25, 0.3) is 0 Å². The molecule has 3 rings (SSSR count). The van der Waals surface area contributed by atoms with E-state index in [-0.39, 0.29) is 0 Å². The third-order valence-electron chi connectivity index (χ3n) is 2.57. The van der Waals surface area contributed by atoms with Gasteiger partial charge in [0, 0.05) is 6.42 Å². The first kappa shape index (κ1) is 10.3. The molecule has 0 unspecified atom stereocenters. The van der Waals surface area contributed by atoms with Crippen LogP contribution < -0.4 is 0 Å². The first-order chi connectivity index (χ1) is 8.31. The molecular formula is C13H10ClN3. The smallest absolute Gasteiger partial charge is 0.155 e. The van der Waals surface area contributed by atoms with E-state index >= 15 is 0 Å². The van der Waals surface area contributed by atoms with Crippen molar-refractivity contribution in [3.8, 4) is 0 Å². The molecule has 0 amide bonds. The van der Waals surface area contributed by atoms with Crippen molar-refractivity contribution in [3.63, 3.8) is 0 Å². The summed E-state index contributed by atoms with van der Waals surface area (Å²) in [5.74, 6) is 0. The molecule has 84 valence electrons. The monoisotopic (exact) mass is 243 g/mol. The molecule has 0 saturated carbocycles. The Morgan fingerprint density at radius 3 is 2.71 bits per heavy atom. The van der Waals surface area contributed by atoms with Crippen LogP contribution in [-0.2, 0) is 6.42 Å². The normalized spacial score (nSPS) is 10.9. The van der Waals surface area contributed by atoms with Gasteiger partial charge in [0.2, 0.25) is 0 Å². The highest BCUT2D eigenvalue weighted by atomic mass is 35.5. The number of benzene rings is 1. The van der Waals surface area contributed by atoms with E-state index < -0.39 is 0 Å². The molecule has 0 fully saturated rings. The maximum atomic E-state index is 5.82. The first-order valence-corrected chi connectivity index (χ1v) is 5.74. The number of fused-ring (bicyclic) bond motifs is 1. The van der Waals surface area contributed by atoms with Crippen LogP contribution in [-0.4, -0.2) is 14.6 Å². The Balaban J connectivity index is 1.95. The molecule has 0 aliphatic heterocycles. The highest BCUT2D eigenvalue weighted by Gasteiger charge is 2.02. The topological polar surface area (TPSA) is 30.2 Å². The van der Waals surface area contributed by atoms with Gasteiger partial charge in [-0.1, -0.05) is 41.9 Å². The van der Waals surface area contributed by atoms with Gasteiger partial charge in [-0.3, -0.25) is 0 Å². The Morgan fingerprint density at radius 2 is 1.88 bits per heavy atom. The molecule has 2 aromatic heterocycles. The van der Waals surface area contributed by atoms with Crippen molar-refractivity contribution in [2.24, 2.45) is 0 Å². The van der Waals surface area contributed by atoms with Crippen molar-refractivity contribution in [1.29, 1.82) is 0 Å². The molecule has 0 saturated heterocycles. The highest BCUT2D eigenvalue weighted by Crippen LogP contribution is 2.11. The summed E-state index contributed by atoms with van der Waals surface area (Å²) < 4.78 is 1.71. The van der Waals surface area contributed by atoms with Crippen molar-refractivity contribution < 1.29 is 0 Å². The molecule has 2 heterocycles. The summed E-state index contributed by atoms with van der Waals surface area (Å²) in [6, 6.07) is 14.2. The van der Waals surface area contributed by atoms with E-state index in [0.717, 1.165) is 17.8 Å². The third-order valence-corrected chi connectivity index (χ3v) is 2.76. The Labute approximate surface area is 104 Å². The fraction of sp³-hybridized carbons (Fsp3) is 0.0769. The molecule has 0 bridgehead atoms. The van der Waals surface area contributed by atoms with Crippen LogP contribution in [0.1, 0.15) is 11.3 Å². The lowest BCUT2D eigenvalue weighted by atomic mass is 10.1. The van der Waals surface area contributed by atoms with Gasteiger partial charge in [-0.05, 0) is 17.7 Å². The molecular weight excluding hydrogens is 234 g/mol. The van der Waals surface area contributed by atoms with Crippen molar-refractivity contribution in [1.82, 2.24) is 14.6 Å². The fourth-order valence-electron chi connectivity index (χ4n) is 1.79. The van der Waals surface area contributed by atoms with Gasteiger partial charge in [0.15, 0.2) is 5.65 Å². The van der Waals surface area contributed by atoms with Gasteiger partial charge in [-0.15, -0.1) is 0 Å². The number of halogens is 1. The van der Waals surface area contributed by atoms with E-state index in [9.17, 15) is 0 Å². The Hall–Kier alpha value is -1.87. The van der Waals surface area contributed by atoms with E-state index in [1.807, 2.05) is 30.3 Å². The lowest BCUT2D eigenvalue weighted by Gasteiger charge is -2.01. The van der Waals surface area contributed by atoms with Gasteiger partial charge in [-0.25, -0.2) is 9.50 Å². The zero-order chi connectivity index (χ0) is 11.7. The number of hydrogen-bond donors (Lipinski definition) is 0. The molecule has 0 atom stereocenters. The number of imidazole rings is 1. The number of rotatable bonds is 2. The molecule has 0 N–H and O–H groups in total. The van der Waals surface area contributed by atoms with Crippen LogP contribution in [0.25, 0.3) is 5.65 Å². The van der Waals surface area contributed by atoms with Gasteiger partial charge >= 0.3 is 0 Å². The number of aromatic nitrogens is 3. The molecule has 0 aliphatic carbocycles. The molecule has 0 radical (unpaired) electrons. The molecule has 0 aliphatic rings. The van der Waals surface area contributed by atoms with Gasteiger partial charge < -0.3 is 0 Å². The summed E-state index contributed by atoms with van der Waals surface area (Å²) in [4.78, 5) is 4.13. The SMILES string of the molecule is Clc1cn2nc(Cc3ccccc3)ccc2n1. The van der Waals surface area contributed by atoms with Gasteiger partial charge in [-0.2, -0.15) is 5.10 Å². The van der Waals surface area contributed by atoms with Crippen LogP contribution in [0.4, 0.5) is 0 Å². The third kappa shape index (κ3) is 2.15. The predicted molar refractivity (Wildman–Crippen MR) is 67.2 cm³/mol. The average molecular weight is 244 g/mol. The molecule has 3 aromatic rings. The summed E-state index contributed by atoms with van der Waals surface area (Å²) in [5, 5.41) is 4.93. The minimum Gasteiger partial charge on any atom is -0.219 e. The second-order valence-corrected chi connectivity index (χ2v) is 4.24. The summed E-state index contributed by atoms with van der Waals surface area (Å²) in [6.45, 7) is 0. The maximum absolute atomic E-state index is 5.82. The maximum Gasteiger partial charge on any atom is 0.155 e. The predicted octanol–water partition coefficient (Wildman–Crippen LogP) is 2.97. The number of nitrogens with zero attached hydrogens (tertiary/aromatic N) is 3. The summed E-state index contributed by atoms with van der Waals surface area (Å²) in [5.41, 5.74) is 3.01. The summed E-state index contributed by atoms with van der Waals surface area (Å²) in [6.07, 6.45) is 2.53.